The standard InChI is InChI=1S/C18H22F3N3O4S/c1-10(2)15-17(26)24-7-6-12(9-14(24)16(25)22-15)23-29(27,28)13-5-3-4-11(8-13)18(19,20)21/h3-5,8,10,12,14-15,23H,6-7,9H2,1-2H3,(H,22,25). The van der Waals surface area contributed by atoms with Gasteiger partial charge in [0, 0.05) is 12.6 Å². The predicted octanol–water partition coefficient (Wildman–Crippen LogP) is 1.50. The average Bonchev–Trinajstić information content (AvgIpc) is 2.63. The summed E-state index contributed by atoms with van der Waals surface area (Å²) in [6.07, 6.45) is -4.34. The van der Waals surface area contributed by atoms with Crippen LogP contribution in [0.3, 0.4) is 0 Å². The molecule has 0 aliphatic carbocycles. The summed E-state index contributed by atoms with van der Waals surface area (Å²) in [7, 11) is -4.22. The largest absolute Gasteiger partial charge is 0.416 e. The van der Waals surface area contributed by atoms with Gasteiger partial charge in [0.05, 0.1) is 10.5 Å². The summed E-state index contributed by atoms with van der Waals surface area (Å²) in [5.41, 5.74) is -1.06. The first-order valence-electron chi connectivity index (χ1n) is 9.20. The van der Waals surface area contributed by atoms with Gasteiger partial charge in [0.25, 0.3) is 0 Å². The van der Waals surface area contributed by atoms with Crippen molar-refractivity contribution in [2.45, 2.75) is 55.9 Å². The van der Waals surface area contributed by atoms with Gasteiger partial charge in [0.1, 0.15) is 12.1 Å². The van der Waals surface area contributed by atoms with Gasteiger partial charge in [0.2, 0.25) is 21.8 Å². The second-order valence-electron chi connectivity index (χ2n) is 7.65. The lowest BCUT2D eigenvalue weighted by Crippen LogP contribution is -2.67. The predicted molar refractivity (Wildman–Crippen MR) is 97.1 cm³/mol. The number of sulfonamides is 1. The summed E-state index contributed by atoms with van der Waals surface area (Å²) < 4.78 is 66.1. The highest BCUT2D eigenvalue weighted by Crippen LogP contribution is 2.31. The highest BCUT2D eigenvalue weighted by molar-refractivity contribution is 7.89. The quantitative estimate of drug-likeness (QED) is 0.752. The van der Waals surface area contributed by atoms with Crippen molar-refractivity contribution in [3.8, 4) is 0 Å². The number of halogens is 3. The van der Waals surface area contributed by atoms with E-state index >= 15 is 0 Å². The van der Waals surface area contributed by atoms with Crippen LogP contribution in [0.5, 0.6) is 0 Å². The average molecular weight is 433 g/mol. The van der Waals surface area contributed by atoms with E-state index in [4.69, 9.17) is 0 Å². The van der Waals surface area contributed by atoms with E-state index in [1.54, 1.807) is 0 Å². The van der Waals surface area contributed by atoms with Gasteiger partial charge in [-0.3, -0.25) is 9.59 Å². The van der Waals surface area contributed by atoms with Gasteiger partial charge in [-0.1, -0.05) is 19.9 Å². The maximum absolute atomic E-state index is 12.9. The van der Waals surface area contributed by atoms with Crippen LogP contribution in [0.4, 0.5) is 13.2 Å². The number of hydrogen-bond acceptors (Lipinski definition) is 4. The number of nitrogens with one attached hydrogen (secondary N) is 2. The van der Waals surface area contributed by atoms with Gasteiger partial charge >= 0.3 is 6.18 Å². The zero-order chi connectivity index (χ0) is 21.6. The van der Waals surface area contributed by atoms with Crippen LogP contribution in [0.25, 0.3) is 0 Å². The number of alkyl halides is 3. The molecule has 3 rings (SSSR count). The second kappa shape index (κ2) is 7.60. The molecule has 160 valence electrons. The van der Waals surface area contributed by atoms with E-state index in [0.717, 1.165) is 18.2 Å². The second-order valence-corrected chi connectivity index (χ2v) is 9.36. The van der Waals surface area contributed by atoms with Crippen LogP contribution in [0.2, 0.25) is 0 Å². The number of hydrogen-bond donors (Lipinski definition) is 2. The highest BCUT2D eigenvalue weighted by atomic mass is 32.2. The summed E-state index contributed by atoms with van der Waals surface area (Å²) in [4.78, 5) is 25.9. The Morgan fingerprint density at radius 3 is 2.55 bits per heavy atom. The van der Waals surface area contributed by atoms with E-state index in [1.807, 2.05) is 13.8 Å². The van der Waals surface area contributed by atoms with Gasteiger partial charge in [-0.15, -0.1) is 0 Å². The van der Waals surface area contributed by atoms with Gasteiger partial charge in [0.15, 0.2) is 0 Å². The molecular formula is C18H22F3N3O4S. The molecular weight excluding hydrogens is 411 g/mol. The molecule has 2 saturated heterocycles. The minimum absolute atomic E-state index is 0.0561. The van der Waals surface area contributed by atoms with E-state index in [9.17, 15) is 31.2 Å². The van der Waals surface area contributed by atoms with Crippen molar-refractivity contribution in [2.75, 3.05) is 6.54 Å². The van der Waals surface area contributed by atoms with Crippen molar-refractivity contribution in [2.24, 2.45) is 5.92 Å². The Hall–Kier alpha value is -2.14. The fourth-order valence-corrected chi connectivity index (χ4v) is 4.98. The molecule has 3 unspecified atom stereocenters. The van der Waals surface area contributed by atoms with E-state index < -0.39 is 44.8 Å². The number of rotatable bonds is 4. The van der Waals surface area contributed by atoms with Gasteiger partial charge in [-0.2, -0.15) is 13.2 Å². The van der Waals surface area contributed by atoms with Gasteiger partial charge in [-0.05, 0) is 37.0 Å². The summed E-state index contributed by atoms with van der Waals surface area (Å²) >= 11 is 0. The zero-order valence-electron chi connectivity index (χ0n) is 15.9. The Labute approximate surface area is 166 Å². The smallest absolute Gasteiger partial charge is 0.342 e. The SMILES string of the molecule is CC(C)C1NC(=O)C2CC(NS(=O)(=O)c3cccc(C(F)(F)F)c3)CCN2C1=O. The van der Waals surface area contributed by atoms with E-state index in [0.29, 0.717) is 6.07 Å². The number of carbonyl (C=O) groups excluding carboxylic acids is 2. The number of carbonyl (C=O) groups is 2. The molecule has 2 aliphatic rings. The van der Waals surface area contributed by atoms with Crippen molar-refractivity contribution in [3.63, 3.8) is 0 Å². The number of amides is 2. The van der Waals surface area contributed by atoms with Crippen LogP contribution in [0.15, 0.2) is 29.2 Å². The molecule has 29 heavy (non-hydrogen) atoms. The Balaban J connectivity index is 1.74. The molecule has 2 heterocycles. The van der Waals surface area contributed by atoms with E-state index in [2.05, 4.69) is 10.0 Å². The first-order valence-corrected chi connectivity index (χ1v) is 10.7. The molecule has 3 atom stereocenters. The molecule has 0 radical (unpaired) electrons. The molecule has 1 aromatic rings. The van der Waals surface area contributed by atoms with Crippen molar-refractivity contribution >= 4 is 21.8 Å². The van der Waals surface area contributed by atoms with Crippen LogP contribution >= 0.6 is 0 Å². The molecule has 0 saturated carbocycles. The Morgan fingerprint density at radius 1 is 1.24 bits per heavy atom. The van der Waals surface area contributed by atoms with Crippen molar-refractivity contribution in [1.29, 1.82) is 0 Å². The number of nitrogens with zero attached hydrogens (tertiary/aromatic N) is 1. The molecule has 11 heteroatoms. The Morgan fingerprint density at radius 2 is 1.93 bits per heavy atom. The highest BCUT2D eigenvalue weighted by Gasteiger charge is 2.45. The molecule has 1 aromatic carbocycles. The number of piperidine rings is 1. The van der Waals surface area contributed by atoms with E-state index in [1.165, 1.54) is 4.90 Å². The molecule has 2 aliphatic heterocycles. The third kappa shape index (κ3) is 4.40. The Bertz CT molecular complexity index is 917. The molecule has 2 fully saturated rings. The topological polar surface area (TPSA) is 95.6 Å². The molecule has 0 spiro atoms. The lowest BCUT2D eigenvalue weighted by atomic mass is 9.91. The minimum Gasteiger partial charge on any atom is -0.342 e. The molecule has 7 nitrogen and oxygen atoms in total. The number of piperazine rings is 1. The lowest BCUT2D eigenvalue weighted by molar-refractivity contribution is -0.152. The first kappa shape index (κ1) is 21.6. The van der Waals surface area contributed by atoms with Crippen molar-refractivity contribution in [3.05, 3.63) is 29.8 Å². The van der Waals surface area contributed by atoms with Gasteiger partial charge in [-0.25, -0.2) is 13.1 Å². The maximum Gasteiger partial charge on any atom is 0.416 e. The summed E-state index contributed by atoms with van der Waals surface area (Å²) in [6.45, 7) is 3.83. The lowest BCUT2D eigenvalue weighted by Gasteiger charge is -2.44. The normalized spacial score (nSPS) is 25.7. The molecule has 2 amide bonds. The number of benzene rings is 1. The van der Waals surface area contributed by atoms with Crippen LogP contribution in [-0.4, -0.2) is 49.8 Å². The van der Waals surface area contributed by atoms with Gasteiger partial charge < -0.3 is 10.2 Å². The monoisotopic (exact) mass is 433 g/mol. The van der Waals surface area contributed by atoms with Crippen LogP contribution in [0, 0.1) is 5.92 Å². The fourth-order valence-electron chi connectivity index (χ4n) is 3.65. The summed E-state index contributed by atoms with van der Waals surface area (Å²) in [6, 6.07) is 1.38. The van der Waals surface area contributed by atoms with E-state index in [-0.39, 0.29) is 37.1 Å². The minimum atomic E-state index is -4.66. The summed E-state index contributed by atoms with van der Waals surface area (Å²) in [5, 5.41) is 2.67. The van der Waals surface area contributed by atoms with Crippen LogP contribution in [-0.2, 0) is 25.8 Å². The summed E-state index contributed by atoms with van der Waals surface area (Å²) in [5.74, 6) is -0.639. The first-order chi connectivity index (χ1) is 13.4. The van der Waals surface area contributed by atoms with Crippen molar-refractivity contribution < 1.29 is 31.2 Å². The van der Waals surface area contributed by atoms with Crippen LogP contribution < -0.4 is 10.0 Å². The zero-order valence-corrected chi connectivity index (χ0v) is 16.7. The van der Waals surface area contributed by atoms with Crippen LogP contribution in [0.1, 0.15) is 32.3 Å². The molecule has 0 bridgehead atoms. The maximum atomic E-state index is 12.9. The molecule has 2 N–H and O–H groups in total. The fraction of sp³-hybridized carbons (Fsp3) is 0.556. The van der Waals surface area contributed by atoms with Crippen molar-refractivity contribution in [1.82, 2.24) is 14.9 Å². The molecule has 0 aromatic heterocycles. The third-order valence-corrected chi connectivity index (χ3v) is 6.73. The number of fused-ring (bicyclic) bond motifs is 1. The third-order valence-electron chi connectivity index (χ3n) is 5.21. The Kier molecular flexibility index (Phi) is 5.65.